The van der Waals surface area contributed by atoms with Gasteiger partial charge in [0, 0.05) is 28.3 Å². The standard InChI is InChI=1S/C15H25NOS/c1-5-6-16-14(4)10-18(17)11-15-8-12(2)7-13(3)9-15/h7-9,14,16H,5-6,10-11H2,1-4H3. The second-order valence-corrected chi connectivity index (χ2v) is 6.60. The van der Waals surface area contributed by atoms with Gasteiger partial charge in [0.2, 0.25) is 0 Å². The van der Waals surface area contributed by atoms with E-state index < -0.39 is 10.8 Å². The van der Waals surface area contributed by atoms with E-state index in [4.69, 9.17) is 0 Å². The van der Waals surface area contributed by atoms with E-state index in [0.717, 1.165) is 18.7 Å². The molecule has 0 aliphatic rings. The SMILES string of the molecule is CCCNC(C)CS(=O)Cc1cc(C)cc(C)c1. The molecule has 0 saturated heterocycles. The maximum Gasteiger partial charge on any atom is 0.0486 e. The first kappa shape index (κ1) is 15.4. The Hall–Kier alpha value is -0.670. The summed E-state index contributed by atoms with van der Waals surface area (Å²) in [6.45, 7) is 9.43. The molecule has 0 fully saturated rings. The maximum atomic E-state index is 12.1. The highest BCUT2D eigenvalue weighted by Gasteiger charge is 2.08. The molecule has 1 aromatic carbocycles. The van der Waals surface area contributed by atoms with Gasteiger partial charge in [-0.15, -0.1) is 0 Å². The molecular formula is C15H25NOS. The fraction of sp³-hybridized carbons (Fsp3) is 0.600. The fourth-order valence-electron chi connectivity index (χ4n) is 2.13. The zero-order valence-corrected chi connectivity index (χ0v) is 12.8. The van der Waals surface area contributed by atoms with Gasteiger partial charge in [0.15, 0.2) is 0 Å². The lowest BCUT2D eigenvalue weighted by atomic mass is 10.1. The molecule has 0 aliphatic heterocycles. The van der Waals surface area contributed by atoms with Crippen LogP contribution in [0.15, 0.2) is 18.2 Å². The first-order chi connectivity index (χ1) is 8.51. The molecular weight excluding hydrogens is 242 g/mol. The predicted molar refractivity (Wildman–Crippen MR) is 80.4 cm³/mol. The van der Waals surface area contributed by atoms with Crippen molar-refractivity contribution < 1.29 is 4.21 Å². The van der Waals surface area contributed by atoms with Gasteiger partial charge in [0.25, 0.3) is 0 Å². The van der Waals surface area contributed by atoms with Gasteiger partial charge in [-0.2, -0.15) is 0 Å². The van der Waals surface area contributed by atoms with Gasteiger partial charge >= 0.3 is 0 Å². The molecule has 102 valence electrons. The Labute approximate surface area is 114 Å². The van der Waals surface area contributed by atoms with E-state index in [9.17, 15) is 4.21 Å². The van der Waals surface area contributed by atoms with E-state index in [1.807, 2.05) is 0 Å². The quantitative estimate of drug-likeness (QED) is 0.823. The zero-order chi connectivity index (χ0) is 13.5. The number of benzene rings is 1. The molecule has 2 unspecified atom stereocenters. The van der Waals surface area contributed by atoms with Crippen LogP contribution in [-0.4, -0.2) is 22.5 Å². The molecule has 0 bridgehead atoms. The maximum absolute atomic E-state index is 12.1. The molecule has 0 saturated carbocycles. The van der Waals surface area contributed by atoms with Crippen molar-refractivity contribution in [2.75, 3.05) is 12.3 Å². The number of hydrogen-bond acceptors (Lipinski definition) is 2. The second kappa shape index (κ2) is 7.70. The third-order valence-corrected chi connectivity index (χ3v) is 4.31. The highest BCUT2D eigenvalue weighted by atomic mass is 32.2. The topological polar surface area (TPSA) is 29.1 Å². The Kier molecular flexibility index (Phi) is 6.58. The van der Waals surface area contributed by atoms with Gasteiger partial charge in [0.05, 0.1) is 0 Å². The zero-order valence-electron chi connectivity index (χ0n) is 12.0. The first-order valence-electron chi connectivity index (χ1n) is 6.66. The monoisotopic (exact) mass is 267 g/mol. The molecule has 0 aromatic heterocycles. The summed E-state index contributed by atoms with van der Waals surface area (Å²) in [6, 6.07) is 6.75. The van der Waals surface area contributed by atoms with Gasteiger partial charge in [-0.05, 0) is 39.3 Å². The largest absolute Gasteiger partial charge is 0.313 e. The van der Waals surface area contributed by atoms with E-state index in [0.29, 0.717) is 11.8 Å². The van der Waals surface area contributed by atoms with Crippen LogP contribution in [0.25, 0.3) is 0 Å². The average molecular weight is 267 g/mol. The van der Waals surface area contributed by atoms with Crippen molar-refractivity contribution in [2.24, 2.45) is 0 Å². The summed E-state index contributed by atoms with van der Waals surface area (Å²) in [6.07, 6.45) is 1.12. The van der Waals surface area contributed by atoms with Crippen LogP contribution >= 0.6 is 0 Å². The summed E-state index contributed by atoms with van der Waals surface area (Å²) in [5, 5.41) is 3.38. The van der Waals surface area contributed by atoms with Crippen molar-refractivity contribution >= 4 is 10.8 Å². The number of rotatable bonds is 7. The van der Waals surface area contributed by atoms with Crippen LogP contribution in [0, 0.1) is 13.8 Å². The summed E-state index contributed by atoms with van der Waals surface area (Å²) >= 11 is 0. The van der Waals surface area contributed by atoms with Gasteiger partial charge < -0.3 is 5.32 Å². The molecule has 2 atom stereocenters. The molecule has 0 heterocycles. The number of hydrogen-bond donors (Lipinski definition) is 1. The molecule has 3 heteroatoms. The number of aryl methyl sites for hydroxylation is 2. The Morgan fingerprint density at radius 3 is 2.39 bits per heavy atom. The Morgan fingerprint density at radius 1 is 1.22 bits per heavy atom. The minimum absolute atomic E-state index is 0.330. The van der Waals surface area contributed by atoms with Crippen molar-refractivity contribution in [2.45, 2.75) is 45.9 Å². The lowest BCUT2D eigenvalue weighted by molar-refractivity contribution is 0.582. The van der Waals surface area contributed by atoms with Crippen molar-refractivity contribution in [3.63, 3.8) is 0 Å². The van der Waals surface area contributed by atoms with Gasteiger partial charge in [-0.1, -0.05) is 36.2 Å². The van der Waals surface area contributed by atoms with Crippen LogP contribution in [0.3, 0.4) is 0 Å². The molecule has 1 aromatic rings. The lowest BCUT2D eigenvalue weighted by Crippen LogP contribution is -2.32. The number of nitrogens with one attached hydrogen (secondary N) is 1. The average Bonchev–Trinajstić information content (AvgIpc) is 2.24. The lowest BCUT2D eigenvalue weighted by Gasteiger charge is -2.13. The fourth-order valence-corrected chi connectivity index (χ4v) is 3.46. The van der Waals surface area contributed by atoms with E-state index in [1.54, 1.807) is 0 Å². The molecule has 0 radical (unpaired) electrons. The first-order valence-corrected chi connectivity index (χ1v) is 8.15. The van der Waals surface area contributed by atoms with Gasteiger partial charge in [-0.3, -0.25) is 4.21 Å². The third-order valence-electron chi connectivity index (χ3n) is 2.79. The van der Waals surface area contributed by atoms with Crippen LogP contribution in [0.2, 0.25) is 0 Å². The van der Waals surface area contributed by atoms with Crippen LogP contribution in [0.1, 0.15) is 37.0 Å². The molecule has 0 aliphatic carbocycles. The molecule has 0 amide bonds. The van der Waals surface area contributed by atoms with E-state index in [2.05, 4.69) is 51.2 Å². The van der Waals surface area contributed by atoms with E-state index in [-0.39, 0.29) is 0 Å². The summed E-state index contributed by atoms with van der Waals surface area (Å²) in [4.78, 5) is 0. The third kappa shape index (κ3) is 5.78. The van der Waals surface area contributed by atoms with Crippen LogP contribution < -0.4 is 5.32 Å². The van der Waals surface area contributed by atoms with Crippen LogP contribution in [0.5, 0.6) is 0 Å². The highest BCUT2D eigenvalue weighted by molar-refractivity contribution is 7.84. The molecule has 0 spiro atoms. The second-order valence-electron chi connectivity index (χ2n) is 5.10. The van der Waals surface area contributed by atoms with Crippen molar-refractivity contribution in [1.29, 1.82) is 0 Å². The van der Waals surface area contributed by atoms with Gasteiger partial charge in [0.1, 0.15) is 0 Å². The smallest absolute Gasteiger partial charge is 0.0486 e. The molecule has 2 nitrogen and oxygen atoms in total. The molecule has 18 heavy (non-hydrogen) atoms. The van der Waals surface area contributed by atoms with Gasteiger partial charge in [-0.25, -0.2) is 0 Å². The summed E-state index contributed by atoms with van der Waals surface area (Å²) in [5.41, 5.74) is 3.69. The van der Waals surface area contributed by atoms with Crippen molar-refractivity contribution in [3.05, 3.63) is 34.9 Å². The van der Waals surface area contributed by atoms with Crippen LogP contribution in [0.4, 0.5) is 0 Å². The highest BCUT2D eigenvalue weighted by Crippen LogP contribution is 2.11. The normalized spacial score (nSPS) is 14.4. The summed E-state index contributed by atoms with van der Waals surface area (Å²) < 4.78 is 12.1. The Morgan fingerprint density at radius 2 is 1.83 bits per heavy atom. The minimum atomic E-state index is -0.784. The van der Waals surface area contributed by atoms with Crippen molar-refractivity contribution in [1.82, 2.24) is 5.32 Å². The minimum Gasteiger partial charge on any atom is -0.313 e. The Balaban J connectivity index is 2.48. The van der Waals surface area contributed by atoms with Crippen molar-refractivity contribution in [3.8, 4) is 0 Å². The van der Waals surface area contributed by atoms with E-state index >= 15 is 0 Å². The predicted octanol–water partition coefficient (Wildman–Crippen LogP) is 2.94. The summed E-state index contributed by atoms with van der Waals surface area (Å²) in [7, 11) is -0.784. The van der Waals surface area contributed by atoms with E-state index in [1.165, 1.54) is 16.7 Å². The summed E-state index contributed by atoms with van der Waals surface area (Å²) in [5.74, 6) is 1.40. The Bertz CT molecular complexity index is 383. The molecule has 1 rings (SSSR count). The molecule has 1 N–H and O–H groups in total. The van der Waals surface area contributed by atoms with Crippen LogP contribution in [-0.2, 0) is 16.6 Å².